The minimum absolute atomic E-state index is 0.0191. The third-order valence-electron chi connectivity index (χ3n) is 4.12. The molecule has 3 aromatic heterocycles. The number of alkyl halides is 3. The molecule has 0 fully saturated rings. The second-order valence-corrected chi connectivity index (χ2v) is 8.68. The zero-order valence-corrected chi connectivity index (χ0v) is 18.3. The van der Waals surface area contributed by atoms with E-state index in [9.17, 15) is 26.7 Å². The first-order valence-electron chi connectivity index (χ1n) is 8.98. The van der Waals surface area contributed by atoms with E-state index in [1.165, 1.54) is 46.9 Å². The number of hydrogen-bond donors (Lipinski definition) is 2. The van der Waals surface area contributed by atoms with Gasteiger partial charge < -0.3 is 9.84 Å². The first kappa shape index (κ1) is 24.0. The van der Waals surface area contributed by atoms with Gasteiger partial charge in [0.1, 0.15) is 16.3 Å². The van der Waals surface area contributed by atoms with Crippen molar-refractivity contribution in [1.29, 1.82) is 0 Å². The monoisotopic (exact) mass is 494 g/mol. The van der Waals surface area contributed by atoms with Gasteiger partial charge in [0.15, 0.2) is 5.82 Å². The summed E-state index contributed by atoms with van der Waals surface area (Å²) in [5.41, 5.74) is 0.230. The summed E-state index contributed by atoms with van der Waals surface area (Å²) in [5, 5.41) is 18.0. The Bertz CT molecular complexity index is 1210. The molecule has 174 valence electrons. The van der Waals surface area contributed by atoms with Crippen molar-refractivity contribution in [2.45, 2.75) is 30.6 Å². The highest BCUT2D eigenvalue weighted by Crippen LogP contribution is 2.24. The summed E-state index contributed by atoms with van der Waals surface area (Å²) >= 11 is 6.11. The second kappa shape index (κ2) is 9.05. The molecule has 0 aromatic carbocycles. The van der Waals surface area contributed by atoms with Crippen molar-refractivity contribution >= 4 is 21.6 Å². The number of aliphatic hydroxyl groups excluding tert-OH is 1. The second-order valence-electron chi connectivity index (χ2n) is 6.64. The highest BCUT2D eigenvalue weighted by Gasteiger charge is 2.27. The van der Waals surface area contributed by atoms with Crippen LogP contribution in [0.4, 0.5) is 13.2 Å². The summed E-state index contributed by atoms with van der Waals surface area (Å²) in [7, 11) is -2.54. The molecule has 0 saturated carbocycles. The quantitative estimate of drug-likeness (QED) is 0.363. The summed E-state index contributed by atoms with van der Waals surface area (Å²) in [5.74, 6) is 0.124. The fourth-order valence-electron chi connectivity index (χ4n) is 2.67. The first-order chi connectivity index (χ1) is 14.9. The standard InChI is InChI=1S/C17H18ClF3N6O4S/c1-10-12(9-26(2)23-10)32(29,30)25-16(28)11-3-4-13(22-15(11)18)27-7-5-14(24-27)31-8-6-17(19,20)21/h3-5,7,9,16,25,28H,6,8H2,1-2H3. The summed E-state index contributed by atoms with van der Waals surface area (Å²) in [6.07, 6.45) is -4.48. The van der Waals surface area contributed by atoms with Crippen molar-refractivity contribution in [2.24, 2.45) is 7.05 Å². The summed E-state index contributed by atoms with van der Waals surface area (Å²) in [6.45, 7) is 0.922. The lowest BCUT2D eigenvalue weighted by Gasteiger charge is -2.15. The SMILES string of the molecule is Cc1nn(C)cc1S(=O)(=O)NC(O)c1ccc(-n2ccc(OCCC(F)(F)F)n2)nc1Cl. The molecule has 3 rings (SSSR count). The van der Waals surface area contributed by atoms with E-state index < -0.39 is 35.5 Å². The van der Waals surface area contributed by atoms with Crippen LogP contribution in [0.15, 0.2) is 35.5 Å². The predicted molar refractivity (Wildman–Crippen MR) is 106 cm³/mol. The number of rotatable bonds is 8. The lowest BCUT2D eigenvalue weighted by molar-refractivity contribution is -0.139. The van der Waals surface area contributed by atoms with Crippen LogP contribution in [0.1, 0.15) is 23.9 Å². The average molecular weight is 495 g/mol. The molecule has 0 saturated heterocycles. The molecule has 15 heteroatoms. The van der Waals surface area contributed by atoms with Gasteiger partial charge in [-0.05, 0) is 19.1 Å². The van der Waals surface area contributed by atoms with Gasteiger partial charge in [0.05, 0.1) is 18.7 Å². The van der Waals surface area contributed by atoms with Crippen LogP contribution >= 0.6 is 11.6 Å². The number of ether oxygens (including phenoxy) is 1. The molecule has 0 radical (unpaired) electrons. The Labute approximate surface area is 185 Å². The molecule has 1 atom stereocenters. The van der Waals surface area contributed by atoms with Crippen molar-refractivity contribution in [1.82, 2.24) is 29.3 Å². The Morgan fingerprint density at radius 3 is 2.59 bits per heavy atom. The fourth-order valence-corrected chi connectivity index (χ4v) is 4.19. The predicted octanol–water partition coefficient (Wildman–Crippen LogP) is 2.26. The molecule has 0 amide bonds. The first-order valence-corrected chi connectivity index (χ1v) is 10.8. The van der Waals surface area contributed by atoms with Gasteiger partial charge in [-0.1, -0.05) is 11.6 Å². The molecule has 0 bridgehead atoms. The van der Waals surface area contributed by atoms with Crippen LogP contribution in [-0.4, -0.2) is 50.9 Å². The average Bonchev–Trinajstić information content (AvgIpc) is 3.26. The Morgan fingerprint density at radius 1 is 1.28 bits per heavy atom. The Hall–Kier alpha value is -2.68. The van der Waals surface area contributed by atoms with E-state index in [2.05, 4.69) is 19.9 Å². The van der Waals surface area contributed by atoms with Crippen LogP contribution in [0.5, 0.6) is 5.88 Å². The number of hydrogen-bond acceptors (Lipinski definition) is 7. The van der Waals surface area contributed by atoms with E-state index in [0.29, 0.717) is 0 Å². The highest BCUT2D eigenvalue weighted by molar-refractivity contribution is 7.89. The zero-order valence-electron chi connectivity index (χ0n) is 16.7. The molecule has 10 nitrogen and oxygen atoms in total. The number of sulfonamides is 1. The van der Waals surface area contributed by atoms with Crippen molar-refractivity contribution < 1.29 is 31.4 Å². The van der Waals surface area contributed by atoms with Gasteiger partial charge in [0, 0.05) is 31.1 Å². The molecule has 0 aliphatic carbocycles. The van der Waals surface area contributed by atoms with Gasteiger partial charge in [0.25, 0.3) is 0 Å². The van der Waals surface area contributed by atoms with Crippen molar-refractivity contribution in [3.63, 3.8) is 0 Å². The van der Waals surface area contributed by atoms with E-state index >= 15 is 0 Å². The molecule has 1 unspecified atom stereocenters. The number of nitrogens with zero attached hydrogens (tertiary/aromatic N) is 5. The number of aryl methyl sites for hydroxylation is 2. The molecule has 0 aliphatic rings. The summed E-state index contributed by atoms with van der Waals surface area (Å²) in [6, 6.07) is 4.07. The molecule has 32 heavy (non-hydrogen) atoms. The van der Waals surface area contributed by atoms with Gasteiger partial charge in [-0.25, -0.2) is 18.1 Å². The highest BCUT2D eigenvalue weighted by atomic mass is 35.5. The maximum atomic E-state index is 12.5. The van der Waals surface area contributed by atoms with Gasteiger partial charge in [-0.15, -0.1) is 5.10 Å². The number of aromatic nitrogens is 5. The van der Waals surface area contributed by atoms with Gasteiger partial charge in [-0.3, -0.25) is 4.68 Å². The number of halogens is 4. The maximum Gasteiger partial charge on any atom is 0.392 e. The lowest BCUT2D eigenvalue weighted by atomic mass is 10.2. The topological polar surface area (TPSA) is 124 Å². The van der Waals surface area contributed by atoms with E-state index in [-0.39, 0.29) is 33.0 Å². The smallest absolute Gasteiger partial charge is 0.392 e. The Morgan fingerprint density at radius 2 is 2.00 bits per heavy atom. The fraction of sp³-hybridized carbons (Fsp3) is 0.353. The Balaban J connectivity index is 1.72. The van der Waals surface area contributed by atoms with Crippen molar-refractivity contribution in [3.05, 3.63) is 47.0 Å². The van der Waals surface area contributed by atoms with Crippen LogP contribution in [0.2, 0.25) is 5.15 Å². The minimum Gasteiger partial charge on any atom is -0.476 e. The van der Waals surface area contributed by atoms with E-state index in [4.69, 9.17) is 16.3 Å². The summed E-state index contributed by atoms with van der Waals surface area (Å²) in [4.78, 5) is 3.94. The lowest BCUT2D eigenvalue weighted by Crippen LogP contribution is -2.29. The van der Waals surface area contributed by atoms with Crippen molar-refractivity contribution in [2.75, 3.05) is 6.61 Å². The molecule has 2 N–H and O–H groups in total. The number of nitrogens with one attached hydrogen (secondary N) is 1. The Kier molecular flexibility index (Phi) is 6.78. The van der Waals surface area contributed by atoms with Crippen LogP contribution in [-0.2, 0) is 17.1 Å². The van der Waals surface area contributed by atoms with E-state index in [1.54, 1.807) is 7.05 Å². The molecule has 3 aromatic rings. The molecule has 3 heterocycles. The van der Waals surface area contributed by atoms with Gasteiger partial charge >= 0.3 is 6.18 Å². The largest absolute Gasteiger partial charge is 0.476 e. The normalized spacial score (nSPS) is 13.3. The third-order valence-corrected chi connectivity index (χ3v) is 5.93. The van der Waals surface area contributed by atoms with Crippen LogP contribution in [0, 0.1) is 6.92 Å². The zero-order chi connectivity index (χ0) is 23.7. The van der Waals surface area contributed by atoms with Gasteiger partial charge in [0.2, 0.25) is 15.9 Å². The molecular formula is C17H18ClF3N6O4S. The van der Waals surface area contributed by atoms with Crippen molar-refractivity contribution in [3.8, 4) is 11.7 Å². The number of aliphatic hydroxyl groups is 1. The summed E-state index contributed by atoms with van der Waals surface area (Å²) < 4.78 is 71.2. The molecule has 0 aliphatic heterocycles. The van der Waals surface area contributed by atoms with Gasteiger partial charge in [-0.2, -0.15) is 23.0 Å². The van der Waals surface area contributed by atoms with Crippen LogP contribution < -0.4 is 9.46 Å². The van der Waals surface area contributed by atoms with Crippen LogP contribution in [0.25, 0.3) is 5.82 Å². The maximum absolute atomic E-state index is 12.5. The van der Waals surface area contributed by atoms with Crippen LogP contribution in [0.3, 0.4) is 0 Å². The molecule has 0 spiro atoms. The third kappa shape index (κ3) is 5.76. The minimum atomic E-state index is -4.34. The molecular weight excluding hydrogens is 477 g/mol. The number of pyridine rings is 1. The van der Waals surface area contributed by atoms with E-state index in [1.807, 2.05) is 0 Å². The van der Waals surface area contributed by atoms with E-state index in [0.717, 1.165) is 0 Å².